The van der Waals surface area contributed by atoms with Gasteiger partial charge in [-0.2, -0.15) is 0 Å². The van der Waals surface area contributed by atoms with Crippen molar-refractivity contribution in [2.45, 2.75) is 6.54 Å². The number of nitrogens with two attached hydrogens (primary N) is 1. The van der Waals surface area contributed by atoms with Crippen LogP contribution in [0.25, 0.3) is 22.8 Å². The van der Waals surface area contributed by atoms with Crippen LogP contribution in [0.2, 0.25) is 10.0 Å². The number of benzene rings is 2. The summed E-state index contributed by atoms with van der Waals surface area (Å²) in [5, 5.41) is 7.87. The van der Waals surface area contributed by atoms with Gasteiger partial charge in [-0.05, 0) is 42.0 Å². The first kappa shape index (κ1) is 19.1. The SMILES string of the molecule is Nc1onc(-c2ccc(-c3cccc(Cl)c3)o2)c1C(=O)NCc1cccc(Cl)c1. The summed E-state index contributed by atoms with van der Waals surface area (Å²) < 4.78 is 10.9. The highest BCUT2D eigenvalue weighted by molar-refractivity contribution is 6.31. The summed E-state index contributed by atoms with van der Waals surface area (Å²) in [5.74, 6) is 0.409. The van der Waals surface area contributed by atoms with Crippen LogP contribution in [-0.4, -0.2) is 11.1 Å². The van der Waals surface area contributed by atoms with Crippen LogP contribution in [0.4, 0.5) is 5.88 Å². The van der Waals surface area contributed by atoms with E-state index in [0.717, 1.165) is 11.1 Å². The maximum atomic E-state index is 12.7. The van der Waals surface area contributed by atoms with E-state index in [-0.39, 0.29) is 23.7 Å². The molecule has 6 nitrogen and oxygen atoms in total. The average Bonchev–Trinajstić information content (AvgIpc) is 3.33. The minimum Gasteiger partial charge on any atom is -0.454 e. The molecule has 0 fully saturated rings. The highest BCUT2D eigenvalue weighted by Gasteiger charge is 2.24. The number of nitrogen functional groups attached to an aromatic ring is 1. The Bertz CT molecular complexity index is 1180. The third kappa shape index (κ3) is 4.13. The molecule has 0 atom stereocenters. The Morgan fingerprint density at radius 2 is 1.72 bits per heavy atom. The lowest BCUT2D eigenvalue weighted by Gasteiger charge is -2.05. The number of furan rings is 1. The first-order valence-electron chi connectivity index (χ1n) is 8.65. The van der Waals surface area contributed by atoms with Crippen LogP contribution >= 0.6 is 23.2 Å². The fourth-order valence-corrected chi connectivity index (χ4v) is 3.27. The fourth-order valence-electron chi connectivity index (χ4n) is 2.87. The summed E-state index contributed by atoms with van der Waals surface area (Å²) in [6, 6.07) is 17.9. The maximum Gasteiger partial charge on any atom is 0.259 e. The van der Waals surface area contributed by atoms with Crippen LogP contribution < -0.4 is 11.1 Å². The molecule has 0 bridgehead atoms. The number of hydrogen-bond donors (Lipinski definition) is 2. The van der Waals surface area contributed by atoms with Gasteiger partial charge >= 0.3 is 0 Å². The normalized spacial score (nSPS) is 10.8. The third-order valence-corrected chi connectivity index (χ3v) is 4.71. The zero-order chi connectivity index (χ0) is 20.4. The minimum atomic E-state index is -0.431. The molecule has 4 aromatic rings. The molecular weight excluding hydrogens is 413 g/mol. The first-order valence-corrected chi connectivity index (χ1v) is 9.41. The number of nitrogens with one attached hydrogen (secondary N) is 1. The minimum absolute atomic E-state index is 0.0932. The molecule has 0 spiro atoms. The summed E-state index contributed by atoms with van der Waals surface area (Å²) in [5.41, 5.74) is 7.82. The molecule has 29 heavy (non-hydrogen) atoms. The molecule has 8 heteroatoms. The maximum absolute atomic E-state index is 12.7. The zero-order valence-corrected chi connectivity index (χ0v) is 16.5. The van der Waals surface area contributed by atoms with Crippen LogP contribution in [0.3, 0.4) is 0 Å². The Morgan fingerprint density at radius 3 is 2.48 bits per heavy atom. The molecule has 0 aliphatic rings. The van der Waals surface area contributed by atoms with E-state index in [1.165, 1.54) is 0 Å². The van der Waals surface area contributed by atoms with E-state index in [1.54, 1.807) is 36.4 Å². The van der Waals surface area contributed by atoms with Crippen molar-refractivity contribution in [2.75, 3.05) is 5.73 Å². The smallest absolute Gasteiger partial charge is 0.259 e. The van der Waals surface area contributed by atoms with E-state index in [2.05, 4.69) is 10.5 Å². The molecule has 4 rings (SSSR count). The summed E-state index contributed by atoms with van der Waals surface area (Å²) >= 11 is 12.0. The highest BCUT2D eigenvalue weighted by atomic mass is 35.5. The molecule has 1 amide bonds. The van der Waals surface area contributed by atoms with Crippen LogP contribution in [0.5, 0.6) is 0 Å². The number of amides is 1. The second-order valence-electron chi connectivity index (χ2n) is 6.26. The topological polar surface area (TPSA) is 94.3 Å². The third-order valence-electron chi connectivity index (χ3n) is 4.24. The Kier molecular flexibility index (Phi) is 5.29. The quantitative estimate of drug-likeness (QED) is 0.443. The Morgan fingerprint density at radius 1 is 1.00 bits per heavy atom. The van der Waals surface area contributed by atoms with Gasteiger partial charge in [-0.25, -0.2) is 0 Å². The van der Waals surface area contributed by atoms with Crippen molar-refractivity contribution in [3.8, 4) is 22.8 Å². The Labute approximate surface area is 176 Å². The van der Waals surface area contributed by atoms with Crippen molar-refractivity contribution in [2.24, 2.45) is 0 Å². The summed E-state index contributed by atoms with van der Waals surface area (Å²) in [7, 11) is 0. The van der Waals surface area contributed by atoms with E-state index in [1.807, 2.05) is 24.3 Å². The predicted octanol–water partition coefficient (Wildman–Crippen LogP) is 5.42. The number of anilines is 1. The van der Waals surface area contributed by atoms with Crippen molar-refractivity contribution in [1.29, 1.82) is 0 Å². The second kappa shape index (κ2) is 8.03. The van der Waals surface area contributed by atoms with Gasteiger partial charge in [-0.15, -0.1) is 0 Å². The first-order chi connectivity index (χ1) is 14.0. The van der Waals surface area contributed by atoms with E-state index < -0.39 is 5.91 Å². The monoisotopic (exact) mass is 427 g/mol. The van der Waals surface area contributed by atoms with Gasteiger partial charge in [0.05, 0.1) is 0 Å². The number of nitrogens with zero attached hydrogens (tertiary/aromatic N) is 1. The zero-order valence-electron chi connectivity index (χ0n) is 15.0. The van der Waals surface area contributed by atoms with Crippen molar-refractivity contribution < 1.29 is 13.7 Å². The van der Waals surface area contributed by atoms with Crippen molar-refractivity contribution >= 4 is 35.0 Å². The number of carbonyl (C=O) groups excluding carboxylic acids is 1. The van der Waals surface area contributed by atoms with E-state index >= 15 is 0 Å². The largest absolute Gasteiger partial charge is 0.454 e. The number of halogens is 2. The van der Waals surface area contributed by atoms with E-state index in [0.29, 0.717) is 21.6 Å². The van der Waals surface area contributed by atoms with Gasteiger partial charge in [0.15, 0.2) is 11.5 Å². The number of rotatable bonds is 5. The highest BCUT2D eigenvalue weighted by Crippen LogP contribution is 2.32. The summed E-state index contributed by atoms with van der Waals surface area (Å²) in [6.07, 6.45) is 0. The van der Waals surface area contributed by atoms with Gasteiger partial charge in [-0.3, -0.25) is 4.79 Å². The van der Waals surface area contributed by atoms with Crippen molar-refractivity contribution in [3.05, 3.63) is 81.8 Å². The second-order valence-corrected chi connectivity index (χ2v) is 7.13. The molecule has 0 unspecified atom stereocenters. The van der Waals surface area contributed by atoms with E-state index in [9.17, 15) is 4.79 Å². The van der Waals surface area contributed by atoms with Gasteiger partial charge in [0.1, 0.15) is 11.3 Å². The lowest BCUT2D eigenvalue weighted by atomic mass is 10.1. The molecule has 2 aromatic heterocycles. The lowest BCUT2D eigenvalue weighted by molar-refractivity contribution is 0.0952. The predicted molar refractivity (Wildman–Crippen MR) is 112 cm³/mol. The molecule has 2 aromatic carbocycles. The molecule has 0 aliphatic carbocycles. The summed E-state index contributed by atoms with van der Waals surface area (Å²) in [4.78, 5) is 12.7. The van der Waals surface area contributed by atoms with Crippen LogP contribution in [-0.2, 0) is 6.54 Å². The van der Waals surface area contributed by atoms with Gasteiger partial charge in [0.2, 0.25) is 5.88 Å². The standard InChI is InChI=1S/C21H15Cl2N3O3/c22-14-5-1-3-12(9-14)11-25-21(27)18-19(26-29-20(18)24)17-8-7-16(28-17)13-4-2-6-15(23)10-13/h1-10H,11,24H2,(H,25,27). The molecule has 0 saturated heterocycles. The van der Waals surface area contributed by atoms with Gasteiger partial charge in [-0.1, -0.05) is 52.6 Å². The van der Waals surface area contributed by atoms with Gasteiger partial charge in [0, 0.05) is 22.2 Å². The number of carbonyl (C=O) groups is 1. The molecule has 0 radical (unpaired) electrons. The lowest BCUT2D eigenvalue weighted by Crippen LogP contribution is -2.23. The van der Waals surface area contributed by atoms with Gasteiger partial charge in [0.25, 0.3) is 5.91 Å². The van der Waals surface area contributed by atoms with Crippen LogP contribution in [0.15, 0.2) is 69.6 Å². The Balaban J connectivity index is 1.58. The molecule has 146 valence electrons. The Hall–Kier alpha value is -3.22. The van der Waals surface area contributed by atoms with Crippen molar-refractivity contribution in [1.82, 2.24) is 10.5 Å². The molecule has 0 aliphatic heterocycles. The van der Waals surface area contributed by atoms with Crippen LogP contribution in [0.1, 0.15) is 15.9 Å². The molecule has 2 heterocycles. The molecular formula is C21H15Cl2N3O3. The van der Waals surface area contributed by atoms with Crippen LogP contribution in [0, 0.1) is 0 Å². The fraction of sp³-hybridized carbons (Fsp3) is 0.0476. The average molecular weight is 428 g/mol. The number of aromatic nitrogens is 1. The molecule has 3 N–H and O–H groups in total. The van der Waals surface area contributed by atoms with Crippen molar-refractivity contribution in [3.63, 3.8) is 0 Å². The van der Waals surface area contributed by atoms with Gasteiger partial charge < -0.3 is 20.0 Å². The number of hydrogen-bond acceptors (Lipinski definition) is 5. The molecule has 0 saturated carbocycles. The summed E-state index contributed by atoms with van der Waals surface area (Å²) in [6.45, 7) is 0.273. The van der Waals surface area contributed by atoms with E-state index in [4.69, 9.17) is 37.9 Å².